The van der Waals surface area contributed by atoms with Gasteiger partial charge in [0, 0.05) is 49.8 Å². The predicted octanol–water partition coefficient (Wildman–Crippen LogP) is 3.12. The molecule has 0 aliphatic rings. The second-order valence-corrected chi connectivity index (χ2v) is 7.75. The lowest BCUT2D eigenvalue weighted by Crippen LogP contribution is -2.30. The SMILES string of the molecule is CC(=O)NCCNc1cc(NCCNC(=O)Cc2ccccc2)nc(-c2ccc(Cl)cc2)n1. The Hall–Kier alpha value is -3.65. The highest BCUT2D eigenvalue weighted by Gasteiger charge is 2.08. The minimum atomic E-state index is -0.0852. The van der Waals surface area contributed by atoms with Gasteiger partial charge in [0.1, 0.15) is 11.6 Å². The van der Waals surface area contributed by atoms with E-state index < -0.39 is 0 Å². The van der Waals surface area contributed by atoms with Crippen molar-refractivity contribution in [2.75, 3.05) is 36.8 Å². The van der Waals surface area contributed by atoms with Gasteiger partial charge in [0.2, 0.25) is 11.8 Å². The standard InChI is InChI=1S/C24H27ClN6O2/c1-17(32)26-11-12-27-21-16-22(31-24(30-21)19-7-9-20(25)10-8-19)28-13-14-29-23(33)15-18-5-3-2-4-6-18/h2-10,16H,11-15H2,1H3,(H,26,32)(H,29,33)(H2,27,28,30,31). The molecule has 0 radical (unpaired) electrons. The number of hydrogen-bond acceptors (Lipinski definition) is 6. The Balaban J connectivity index is 1.59. The molecule has 2 aromatic carbocycles. The Bertz CT molecular complexity index is 1060. The smallest absolute Gasteiger partial charge is 0.224 e. The fourth-order valence-electron chi connectivity index (χ4n) is 3.02. The number of carbonyl (C=O) groups is 2. The predicted molar refractivity (Wildman–Crippen MR) is 131 cm³/mol. The molecule has 3 aromatic rings. The lowest BCUT2D eigenvalue weighted by atomic mass is 10.1. The van der Waals surface area contributed by atoms with Gasteiger partial charge in [0.15, 0.2) is 5.82 Å². The van der Waals surface area contributed by atoms with Gasteiger partial charge in [0.05, 0.1) is 6.42 Å². The summed E-state index contributed by atoms with van der Waals surface area (Å²) in [7, 11) is 0. The zero-order chi connectivity index (χ0) is 23.5. The number of halogens is 1. The van der Waals surface area contributed by atoms with Crippen LogP contribution in [-0.2, 0) is 16.0 Å². The first-order chi connectivity index (χ1) is 16.0. The average Bonchev–Trinajstić information content (AvgIpc) is 2.80. The molecule has 4 N–H and O–H groups in total. The summed E-state index contributed by atoms with van der Waals surface area (Å²) >= 11 is 6.00. The number of nitrogens with one attached hydrogen (secondary N) is 4. The topological polar surface area (TPSA) is 108 Å². The Morgan fingerprint density at radius 2 is 1.42 bits per heavy atom. The van der Waals surface area contributed by atoms with E-state index in [1.807, 2.05) is 42.5 Å². The van der Waals surface area contributed by atoms with E-state index >= 15 is 0 Å². The number of anilines is 2. The highest BCUT2D eigenvalue weighted by atomic mass is 35.5. The molecule has 8 nitrogen and oxygen atoms in total. The number of nitrogens with zero attached hydrogens (tertiary/aromatic N) is 2. The molecule has 2 amide bonds. The van der Waals surface area contributed by atoms with Crippen molar-refractivity contribution in [3.63, 3.8) is 0 Å². The van der Waals surface area contributed by atoms with Crippen LogP contribution >= 0.6 is 11.6 Å². The minimum absolute atomic E-state index is 0.0344. The van der Waals surface area contributed by atoms with Gasteiger partial charge < -0.3 is 21.3 Å². The fraction of sp³-hybridized carbons (Fsp3) is 0.250. The first kappa shape index (κ1) is 24.0. The van der Waals surface area contributed by atoms with Crippen LogP contribution in [0.1, 0.15) is 12.5 Å². The number of amides is 2. The van der Waals surface area contributed by atoms with E-state index in [1.165, 1.54) is 6.92 Å². The van der Waals surface area contributed by atoms with Crippen molar-refractivity contribution in [2.45, 2.75) is 13.3 Å². The Morgan fingerprint density at radius 1 is 0.818 bits per heavy atom. The zero-order valence-corrected chi connectivity index (χ0v) is 19.2. The van der Waals surface area contributed by atoms with Gasteiger partial charge >= 0.3 is 0 Å². The van der Waals surface area contributed by atoms with E-state index in [4.69, 9.17) is 11.6 Å². The van der Waals surface area contributed by atoms with Crippen molar-refractivity contribution >= 4 is 35.1 Å². The summed E-state index contributed by atoms with van der Waals surface area (Å²) in [6, 6.07) is 18.7. The van der Waals surface area contributed by atoms with E-state index in [-0.39, 0.29) is 11.8 Å². The van der Waals surface area contributed by atoms with E-state index in [2.05, 4.69) is 31.2 Å². The van der Waals surface area contributed by atoms with E-state index in [0.717, 1.165) is 11.1 Å². The third-order valence-electron chi connectivity index (χ3n) is 4.59. The van der Waals surface area contributed by atoms with E-state index in [9.17, 15) is 9.59 Å². The highest BCUT2D eigenvalue weighted by Crippen LogP contribution is 2.22. The molecule has 0 atom stereocenters. The molecule has 0 saturated heterocycles. The second kappa shape index (κ2) is 12.4. The Morgan fingerprint density at radius 3 is 2.03 bits per heavy atom. The van der Waals surface area contributed by atoms with Gasteiger partial charge in [-0.2, -0.15) is 0 Å². The summed E-state index contributed by atoms with van der Waals surface area (Å²) < 4.78 is 0. The maximum atomic E-state index is 12.1. The minimum Gasteiger partial charge on any atom is -0.368 e. The van der Waals surface area contributed by atoms with Crippen LogP contribution in [0.25, 0.3) is 11.4 Å². The van der Waals surface area contributed by atoms with Crippen LogP contribution in [0.5, 0.6) is 0 Å². The highest BCUT2D eigenvalue weighted by molar-refractivity contribution is 6.30. The summed E-state index contributed by atoms with van der Waals surface area (Å²) in [5, 5.41) is 12.7. The molecule has 9 heteroatoms. The maximum absolute atomic E-state index is 12.1. The van der Waals surface area contributed by atoms with E-state index in [0.29, 0.717) is 55.1 Å². The molecule has 33 heavy (non-hydrogen) atoms. The van der Waals surface area contributed by atoms with Gasteiger partial charge in [-0.05, 0) is 29.8 Å². The van der Waals surface area contributed by atoms with Crippen molar-refractivity contribution < 1.29 is 9.59 Å². The van der Waals surface area contributed by atoms with Crippen LogP contribution < -0.4 is 21.3 Å². The first-order valence-electron chi connectivity index (χ1n) is 10.7. The molecular formula is C24H27ClN6O2. The van der Waals surface area contributed by atoms with Crippen molar-refractivity contribution in [3.05, 3.63) is 71.2 Å². The van der Waals surface area contributed by atoms with Crippen LogP contribution in [0.4, 0.5) is 11.6 Å². The van der Waals surface area contributed by atoms with Crippen LogP contribution in [-0.4, -0.2) is 48.0 Å². The van der Waals surface area contributed by atoms with Crippen LogP contribution in [0, 0.1) is 0 Å². The third kappa shape index (κ3) is 8.42. The summed E-state index contributed by atoms with van der Waals surface area (Å²) in [6.45, 7) is 3.43. The average molecular weight is 467 g/mol. The van der Waals surface area contributed by atoms with E-state index in [1.54, 1.807) is 18.2 Å². The fourth-order valence-corrected chi connectivity index (χ4v) is 3.15. The van der Waals surface area contributed by atoms with Crippen LogP contribution in [0.3, 0.4) is 0 Å². The molecule has 0 aliphatic carbocycles. The molecule has 1 heterocycles. The van der Waals surface area contributed by atoms with Gasteiger partial charge in [0.25, 0.3) is 0 Å². The summed E-state index contributed by atoms with van der Waals surface area (Å²) in [5.74, 6) is 1.66. The molecule has 0 fully saturated rings. The summed E-state index contributed by atoms with van der Waals surface area (Å²) in [5.41, 5.74) is 1.80. The lowest BCUT2D eigenvalue weighted by molar-refractivity contribution is -0.120. The van der Waals surface area contributed by atoms with Crippen LogP contribution in [0.2, 0.25) is 5.02 Å². The van der Waals surface area contributed by atoms with Crippen molar-refractivity contribution in [3.8, 4) is 11.4 Å². The van der Waals surface area contributed by atoms with Crippen LogP contribution in [0.15, 0.2) is 60.7 Å². The number of aromatic nitrogens is 2. The molecule has 0 unspecified atom stereocenters. The largest absolute Gasteiger partial charge is 0.368 e. The molecule has 0 spiro atoms. The van der Waals surface area contributed by atoms with Crippen molar-refractivity contribution in [2.24, 2.45) is 0 Å². The number of rotatable bonds is 11. The molecule has 0 bridgehead atoms. The molecular weight excluding hydrogens is 440 g/mol. The number of carbonyl (C=O) groups excluding carboxylic acids is 2. The number of hydrogen-bond donors (Lipinski definition) is 4. The van der Waals surface area contributed by atoms with Gasteiger partial charge in [-0.1, -0.05) is 41.9 Å². The molecule has 0 saturated carbocycles. The monoisotopic (exact) mass is 466 g/mol. The zero-order valence-electron chi connectivity index (χ0n) is 18.4. The van der Waals surface area contributed by atoms with Crippen molar-refractivity contribution in [1.29, 1.82) is 0 Å². The summed E-state index contributed by atoms with van der Waals surface area (Å²) in [6.07, 6.45) is 0.345. The molecule has 3 rings (SSSR count). The second-order valence-electron chi connectivity index (χ2n) is 7.32. The Labute approximate surface area is 198 Å². The third-order valence-corrected chi connectivity index (χ3v) is 4.85. The lowest BCUT2D eigenvalue weighted by Gasteiger charge is -2.12. The van der Waals surface area contributed by atoms with Gasteiger partial charge in [-0.15, -0.1) is 0 Å². The maximum Gasteiger partial charge on any atom is 0.224 e. The first-order valence-corrected chi connectivity index (χ1v) is 11.1. The summed E-state index contributed by atoms with van der Waals surface area (Å²) in [4.78, 5) is 32.3. The quantitative estimate of drug-likeness (QED) is 0.323. The molecule has 1 aromatic heterocycles. The normalized spacial score (nSPS) is 10.4. The Kier molecular flexibility index (Phi) is 9.02. The molecule has 172 valence electrons. The van der Waals surface area contributed by atoms with Gasteiger partial charge in [-0.25, -0.2) is 9.97 Å². The molecule has 0 aliphatic heterocycles. The number of benzene rings is 2. The van der Waals surface area contributed by atoms with Gasteiger partial charge in [-0.3, -0.25) is 9.59 Å². The van der Waals surface area contributed by atoms with Crippen molar-refractivity contribution in [1.82, 2.24) is 20.6 Å².